The van der Waals surface area contributed by atoms with Gasteiger partial charge in [0.2, 0.25) is 0 Å². The van der Waals surface area contributed by atoms with E-state index in [1.54, 1.807) is 6.92 Å². The quantitative estimate of drug-likeness (QED) is 0.812. The van der Waals surface area contributed by atoms with E-state index >= 15 is 0 Å². The van der Waals surface area contributed by atoms with Gasteiger partial charge in [0, 0.05) is 43.2 Å². The molecule has 0 spiro atoms. The summed E-state index contributed by atoms with van der Waals surface area (Å²) < 4.78 is 49.1. The molecule has 0 unspecified atom stereocenters. The third kappa shape index (κ3) is 3.91. The number of amides is 1. The number of methoxy groups -OCH3 is 2. The Morgan fingerprint density at radius 2 is 1.93 bits per heavy atom. The van der Waals surface area contributed by atoms with Gasteiger partial charge in [-0.1, -0.05) is 0 Å². The number of benzene rings is 1. The first-order valence-electron chi connectivity index (χ1n) is 10.4. The van der Waals surface area contributed by atoms with Gasteiger partial charge in [-0.15, -0.1) is 0 Å². The molecular formula is C18H24N4O5. The molecule has 1 aliphatic rings. The minimum absolute atomic E-state index is 0.166. The molecule has 2 aromatic rings. The molecule has 146 valence electrons. The second-order valence-electron chi connectivity index (χ2n) is 5.71. The van der Waals surface area contributed by atoms with Gasteiger partial charge in [-0.3, -0.25) is 4.79 Å². The maximum atomic E-state index is 12.3. The molecule has 27 heavy (non-hydrogen) atoms. The van der Waals surface area contributed by atoms with Crippen molar-refractivity contribution in [2.45, 2.75) is 25.8 Å². The predicted molar refractivity (Wildman–Crippen MR) is 101 cm³/mol. The molecule has 0 atom stereocenters. The van der Waals surface area contributed by atoms with Crippen LogP contribution < -0.4 is 25.2 Å². The number of ether oxygens (including phenoxy) is 3. The summed E-state index contributed by atoms with van der Waals surface area (Å²) in [5, 5.41) is 9.36. The first-order chi connectivity index (χ1) is 14.5. The van der Waals surface area contributed by atoms with E-state index in [0.29, 0.717) is 16.9 Å². The highest BCUT2D eigenvalue weighted by atomic mass is 16.6. The van der Waals surface area contributed by atoms with Crippen molar-refractivity contribution in [2.24, 2.45) is 0 Å². The number of hydrogen-bond acceptors (Lipinski definition) is 7. The van der Waals surface area contributed by atoms with Gasteiger partial charge in [0.1, 0.15) is 6.10 Å². The zero-order valence-corrected chi connectivity index (χ0v) is 15.3. The van der Waals surface area contributed by atoms with Crippen LogP contribution in [-0.2, 0) is 4.74 Å². The van der Waals surface area contributed by atoms with E-state index in [1.807, 2.05) is 0 Å². The average Bonchev–Trinajstić information content (AvgIpc) is 2.69. The number of alkyl carbamates (subject to hydrolysis) is 1. The fourth-order valence-electron chi connectivity index (χ4n) is 2.76. The summed E-state index contributed by atoms with van der Waals surface area (Å²) in [6.45, 7) is 1.30. The number of hydrogen-bond donors (Lipinski definition) is 2. The van der Waals surface area contributed by atoms with Crippen molar-refractivity contribution in [2.75, 3.05) is 38.8 Å². The number of nitrogens with zero attached hydrogens (tertiary/aromatic N) is 2. The number of anilines is 1. The second kappa shape index (κ2) is 8.15. The third-order valence-corrected chi connectivity index (χ3v) is 4.05. The first kappa shape index (κ1) is 14.1. The molecule has 2 N–H and O–H groups in total. The molecule has 0 bridgehead atoms. The highest BCUT2D eigenvalue weighted by molar-refractivity contribution is 5.94. The Kier molecular flexibility index (Phi) is 4.27. The lowest BCUT2D eigenvalue weighted by Gasteiger charge is -2.32. The van der Waals surface area contributed by atoms with Crippen molar-refractivity contribution < 1.29 is 24.5 Å². The number of fused-ring (bicyclic) bond motifs is 1. The molecule has 1 aromatic carbocycles. The van der Waals surface area contributed by atoms with E-state index in [2.05, 4.69) is 15.5 Å². The fraction of sp³-hybridized carbons (Fsp3) is 0.500. The summed E-state index contributed by atoms with van der Waals surface area (Å²) in [4.78, 5) is 25.5. The Labute approximate surface area is 162 Å². The minimum Gasteiger partial charge on any atom is -0.493 e. The number of aromatic amines is 1. The molecule has 9 heteroatoms. The number of aromatic nitrogens is 2. The Morgan fingerprint density at radius 1 is 1.30 bits per heavy atom. The van der Waals surface area contributed by atoms with Crippen LogP contribution in [0.2, 0.25) is 0 Å². The van der Waals surface area contributed by atoms with Crippen molar-refractivity contribution in [3.05, 3.63) is 22.5 Å². The number of piperidine rings is 1. The van der Waals surface area contributed by atoms with E-state index in [9.17, 15) is 9.59 Å². The van der Waals surface area contributed by atoms with Crippen LogP contribution in [0.1, 0.15) is 25.2 Å². The molecule has 0 aliphatic carbocycles. The third-order valence-electron chi connectivity index (χ3n) is 4.05. The Balaban J connectivity index is 2.05. The van der Waals surface area contributed by atoms with Crippen molar-refractivity contribution in [1.82, 2.24) is 15.5 Å². The molecule has 1 amide bonds. The Bertz CT molecular complexity index is 1030. The molecule has 1 saturated heterocycles. The normalized spacial score (nSPS) is 20.8. The Morgan fingerprint density at radius 3 is 2.52 bits per heavy atom. The van der Waals surface area contributed by atoms with Gasteiger partial charge in [0.05, 0.1) is 19.6 Å². The van der Waals surface area contributed by atoms with Gasteiger partial charge < -0.3 is 24.4 Å². The van der Waals surface area contributed by atoms with Crippen LogP contribution in [0, 0.1) is 0 Å². The van der Waals surface area contributed by atoms with Crippen LogP contribution in [0.25, 0.3) is 10.8 Å². The largest absolute Gasteiger partial charge is 0.493 e. The van der Waals surface area contributed by atoms with Gasteiger partial charge in [-0.05, 0) is 19.1 Å². The summed E-state index contributed by atoms with van der Waals surface area (Å²) in [7, 11) is 2.87. The number of nitrogens with one attached hydrogen (secondary N) is 2. The van der Waals surface area contributed by atoms with E-state index in [-0.39, 0.29) is 30.8 Å². The topological polar surface area (TPSA) is 106 Å². The van der Waals surface area contributed by atoms with Gasteiger partial charge in [0.25, 0.3) is 5.56 Å². The number of carbonyl (C=O) groups is 1. The number of H-pyrrole nitrogens is 1. The molecule has 0 radical (unpaired) electrons. The molecule has 1 aromatic heterocycles. The maximum Gasteiger partial charge on any atom is 0.407 e. The van der Waals surface area contributed by atoms with Crippen molar-refractivity contribution in [1.29, 1.82) is 0 Å². The van der Waals surface area contributed by atoms with Crippen molar-refractivity contribution in [3.63, 3.8) is 0 Å². The van der Waals surface area contributed by atoms with E-state index in [0.717, 1.165) is 0 Å². The lowest BCUT2D eigenvalue weighted by atomic mass is 10.1. The number of carbonyl (C=O) groups excluding carboxylic acids is 1. The van der Waals surface area contributed by atoms with Gasteiger partial charge in [-0.2, -0.15) is 5.10 Å². The van der Waals surface area contributed by atoms with Crippen LogP contribution in [0.5, 0.6) is 11.5 Å². The standard InChI is InChI=1S/C18H24N4O5/c1-4-19-18(24)27-11-5-7-22(8-6-11)16-12-9-14(25-2)15(26-3)10-13(12)17(23)21-20-16/h9-11H,4-8H2,1-3H3,(H,19,24)(H,21,23)/i5D2,6D2. The summed E-state index contributed by atoms with van der Waals surface area (Å²) in [5.74, 6) is 0.834. The van der Waals surface area contributed by atoms with E-state index in [4.69, 9.17) is 19.7 Å². The smallest absolute Gasteiger partial charge is 0.407 e. The fourth-order valence-corrected chi connectivity index (χ4v) is 2.76. The number of rotatable bonds is 5. The van der Waals surface area contributed by atoms with Crippen molar-refractivity contribution >= 4 is 22.7 Å². The highest BCUT2D eigenvalue weighted by Gasteiger charge is 2.25. The SMILES string of the molecule is [2H]C1([2H])CN(c2n[nH]c(=O)c3cc(OC)c(OC)cc23)CC([2H])([2H])C1OC(=O)NCC. The van der Waals surface area contributed by atoms with Crippen LogP contribution in [0.3, 0.4) is 0 Å². The zero-order valence-electron chi connectivity index (χ0n) is 19.3. The lowest BCUT2D eigenvalue weighted by Crippen LogP contribution is -2.40. The molecule has 2 heterocycles. The van der Waals surface area contributed by atoms with Crippen LogP contribution in [0.4, 0.5) is 10.6 Å². The van der Waals surface area contributed by atoms with Gasteiger partial charge in [0.15, 0.2) is 17.3 Å². The second-order valence-corrected chi connectivity index (χ2v) is 5.71. The van der Waals surface area contributed by atoms with Crippen LogP contribution in [0.15, 0.2) is 16.9 Å². The average molecular weight is 380 g/mol. The predicted octanol–water partition coefficient (Wildman–Crippen LogP) is 1.66. The molecule has 9 nitrogen and oxygen atoms in total. The Hall–Kier alpha value is -2.97. The summed E-state index contributed by atoms with van der Waals surface area (Å²) >= 11 is 0. The monoisotopic (exact) mass is 380 g/mol. The van der Waals surface area contributed by atoms with Gasteiger partial charge in [-0.25, -0.2) is 9.89 Å². The maximum absolute atomic E-state index is 12.3. The van der Waals surface area contributed by atoms with Crippen LogP contribution in [-0.4, -0.2) is 56.2 Å². The van der Waals surface area contributed by atoms with E-state index < -0.39 is 30.5 Å². The van der Waals surface area contributed by atoms with Crippen LogP contribution >= 0.6 is 0 Å². The van der Waals surface area contributed by atoms with E-state index in [1.165, 1.54) is 31.3 Å². The molecule has 1 aliphatic heterocycles. The highest BCUT2D eigenvalue weighted by Crippen LogP contribution is 2.34. The summed E-state index contributed by atoms with van der Waals surface area (Å²) in [6, 6.07) is 3.01. The minimum atomic E-state index is -2.24. The molecule has 3 rings (SSSR count). The summed E-state index contributed by atoms with van der Waals surface area (Å²) in [5.41, 5.74) is -0.486. The summed E-state index contributed by atoms with van der Waals surface area (Å²) in [6.07, 6.45) is -7.01. The van der Waals surface area contributed by atoms with Gasteiger partial charge >= 0.3 is 6.09 Å². The zero-order chi connectivity index (χ0) is 23.0. The molecule has 0 saturated carbocycles. The first-order valence-corrected chi connectivity index (χ1v) is 8.38. The molecular weight excluding hydrogens is 352 g/mol. The lowest BCUT2D eigenvalue weighted by molar-refractivity contribution is 0.0836. The molecule has 1 fully saturated rings. The van der Waals surface area contributed by atoms with Crippen molar-refractivity contribution in [3.8, 4) is 11.5 Å².